The Kier molecular flexibility index (Phi) is 4.34. The van der Waals surface area contributed by atoms with Crippen LogP contribution in [0.15, 0.2) is 35.5 Å². The molecule has 7 nitrogen and oxygen atoms in total. The van der Waals surface area contributed by atoms with E-state index in [0.29, 0.717) is 12.2 Å². The molecule has 0 amide bonds. The number of aromatic amines is 1. The smallest absolute Gasteiger partial charge is 0.335 e. The van der Waals surface area contributed by atoms with E-state index in [0.717, 1.165) is 18.2 Å². The number of aromatic nitrogens is 2. The van der Waals surface area contributed by atoms with Crippen molar-refractivity contribution < 1.29 is 22.7 Å². The number of H-pyrrole nitrogens is 1. The number of benzene rings is 1. The highest BCUT2D eigenvalue weighted by Gasteiger charge is 2.20. The standard InChI is InChI=1S/C12H12FN3O4S/c13-9-2-1-8(12(17)18)7-10(9)21(19,20)16-4-3-11-14-5-6-15-11/h1-2,5-7,16H,3-4H2,(H,14,15)(H,17,18). The fourth-order valence-electron chi connectivity index (χ4n) is 1.66. The Bertz CT molecular complexity index is 744. The number of halogens is 1. The SMILES string of the molecule is O=C(O)c1ccc(F)c(S(=O)(=O)NCCc2ncc[nH]2)c1. The molecule has 0 fully saturated rings. The van der Waals surface area contributed by atoms with E-state index in [1.165, 1.54) is 6.20 Å². The minimum Gasteiger partial charge on any atom is -0.478 e. The molecule has 0 radical (unpaired) electrons. The van der Waals surface area contributed by atoms with Crippen molar-refractivity contribution in [2.75, 3.05) is 6.54 Å². The highest BCUT2D eigenvalue weighted by atomic mass is 32.2. The van der Waals surface area contributed by atoms with E-state index in [2.05, 4.69) is 14.7 Å². The summed E-state index contributed by atoms with van der Waals surface area (Å²) >= 11 is 0. The second-order valence-electron chi connectivity index (χ2n) is 4.13. The van der Waals surface area contributed by atoms with E-state index in [-0.39, 0.29) is 12.1 Å². The topological polar surface area (TPSA) is 112 Å². The van der Waals surface area contributed by atoms with Gasteiger partial charge in [-0.25, -0.2) is 27.3 Å². The quantitative estimate of drug-likeness (QED) is 0.729. The molecular formula is C12H12FN3O4S. The molecule has 0 aliphatic heterocycles. The molecular weight excluding hydrogens is 301 g/mol. The van der Waals surface area contributed by atoms with Crippen LogP contribution in [0.1, 0.15) is 16.2 Å². The van der Waals surface area contributed by atoms with Crippen LogP contribution in [0.2, 0.25) is 0 Å². The molecule has 9 heteroatoms. The van der Waals surface area contributed by atoms with Gasteiger partial charge in [0, 0.05) is 25.4 Å². The largest absolute Gasteiger partial charge is 0.478 e. The summed E-state index contributed by atoms with van der Waals surface area (Å²) in [5.41, 5.74) is -0.303. The summed E-state index contributed by atoms with van der Waals surface area (Å²) in [6.07, 6.45) is 3.42. The van der Waals surface area contributed by atoms with Crippen molar-refractivity contribution in [3.05, 3.63) is 47.8 Å². The lowest BCUT2D eigenvalue weighted by molar-refractivity contribution is 0.0696. The normalized spacial score (nSPS) is 11.5. The van der Waals surface area contributed by atoms with Crippen molar-refractivity contribution in [3.8, 4) is 0 Å². The maximum Gasteiger partial charge on any atom is 0.335 e. The van der Waals surface area contributed by atoms with E-state index < -0.39 is 26.7 Å². The average Bonchev–Trinajstić information content (AvgIpc) is 2.91. The van der Waals surface area contributed by atoms with Crippen molar-refractivity contribution in [1.82, 2.24) is 14.7 Å². The Hall–Kier alpha value is -2.26. The van der Waals surface area contributed by atoms with Gasteiger partial charge >= 0.3 is 5.97 Å². The first-order valence-corrected chi connectivity index (χ1v) is 7.39. The zero-order valence-corrected chi connectivity index (χ0v) is 11.5. The number of nitrogens with one attached hydrogen (secondary N) is 2. The lowest BCUT2D eigenvalue weighted by Crippen LogP contribution is -2.27. The van der Waals surface area contributed by atoms with Crippen LogP contribution in [0.4, 0.5) is 4.39 Å². The van der Waals surface area contributed by atoms with Crippen LogP contribution in [0.25, 0.3) is 0 Å². The van der Waals surface area contributed by atoms with Crippen LogP contribution in [0.3, 0.4) is 0 Å². The molecule has 2 aromatic rings. The summed E-state index contributed by atoms with van der Waals surface area (Å²) in [4.78, 5) is 16.8. The maximum absolute atomic E-state index is 13.6. The molecule has 0 aliphatic carbocycles. The van der Waals surface area contributed by atoms with Crippen molar-refractivity contribution in [2.45, 2.75) is 11.3 Å². The van der Waals surface area contributed by atoms with E-state index >= 15 is 0 Å². The zero-order valence-electron chi connectivity index (χ0n) is 10.7. The number of hydrogen-bond donors (Lipinski definition) is 3. The average molecular weight is 313 g/mol. The molecule has 0 atom stereocenters. The van der Waals surface area contributed by atoms with Gasteiger partial charge in [0.2, 0.25) is 10.0 Å². The van der Waals surface area contributed by atoms with Gasteiger partial charge in [-0.2, -0.15) is 0 Å². The highest BCUT2D eigenvalue weighted by Crippen LogP contribution is 2.16. The van der Waals surface area contributed by atoms with Crippen molar-refractivity contribution in [1.29, 1.82) is 0 Å². The van der Waals surface area contributed by atoms with Crippen LogP contribution in [-0.2, 0) is 16.4 Å². The number of sulfonamides is 1. The molecule has 0 saturated carbocycles. The third-order valence-electron chi connectivity index (χ3n) is 2.68. The second kappa shape index (κ2) is 6.02. The number of rotatable bonds is 6. The molecule has 1 heterocycles. The van der Waals surface area contributed by atoms with Crippen molar-refractivity contribution in [2.24, 2.45) is 0 Å². The fourth-order valence-corrected chi connectivity index (χ4v) is 2.79. The Morgan fingerprint density at radius 3 is 2.81 bits per heavy atom. The summed E-state index contributed by atoms with van der Waals surface area (Å²) in [7, 11) is -4.13. The van der Waals surface area contributed by atoms with Gasteiger partial charge in [-0.05, 0) is 18.2 Å². The summed E-state index contributed by atoms with van der Waals surface area (Å²) in [5.74, 6) is -1.76. The molecule has 1 aromatic heterocycles. The zero-order chi connectivity index (χ0) is 15.5. The minimum atomic E-state index is -4.13. The molecule has 0 aliphatic rings. The van der Waals surface area contributed by atoms with Crippen LogP contribution < -0.4 is 4.72 Å². The molecule has 3 N–H and O–H groups in total. The third kappa shape index (κ3) is 3.64. The Balaban J connectivity index is 2.15. The molecule has 1 aromatic carbocycles. The van der Waals surface area contributed by atoms with Gasteiger partial charge in [0.15, 0.2) is 0 Å². The first-order valence-electron chi connectivity index (χ1n) is 5.91. The first-order chi connectivity index (χ1) is 9.90. The summed E-state index contributed by atoms with van der Waals surface area (Å²) < 4.78 is 39.8. The van der Waals surface area contributed by atoms with Crippen LogP contribution in [-0.4, -0.2) is 36.0 Å². The fraction of sp³-hybridized carbons (Fsp3) is 0.167. The van der Waals surface area contributed by atoms with Gasteiger partial charge in [0.25, 0.3) is 0 Å². The number of nitrogens with zero attached hydrogens (tertiary/aromatic N) is 1. The predicted octanol–water partition coefficient (Wildman–Crippen LogP) is 0.768. The number of imidazole rings is 1. The second-order valence-corrected chi connectivity index (χ2v) is 5.87. The van der Waals surface area contributed by atoms with Gasteiger partial charge < -0.3 is 10.1 Å². The number of carboxylic acid groups (broad SMARTS) is 1. The number of hydrogen-bond acceptors (Lipinski definition) is 4. The van der Waals surface area contributed by atoms with Gasteiger partial charge in [0.05, 0.1) is 5.56 Å². The Labute approximate surface area is 119 Å². The van der Waals surface area contributed by atoms with E-state index in [1.54, 1.807) is 6.20 Å². The van der Waals surface area contributed by atoms with E-state index in [4.69, 9.17) is 5.11 Å². The molecule has 0 saturated heterocycles. The maximum atomic E-state index is 13.6. The van der Waals surface area contributed by atoms with Crippen LogP contribution >= 0.6 is 0 Å². The molecule has 0 spiro atoms. The highest BCUT2D eigenvalue weighted by molar-refractivity contribution is 7.89. The lowest BCUT2D eigenvalue weighted by atomic mass is 10.2. The molecule has 21 heavy (non-hydrogen) atoms. The third-order valence-corrected chi connectivity index (χ3v) is 4.15. The number of carboxylic acids is 1. The first kappa shape index (κ1) is 15.1. The Morgan fingerprint density at radius 2 is 2.19 bits per heavy atom. The monoisotopic (exact) mass is 313 g/mol. The van der Waals surface area contributed by atoms with Crippen molar-refractivity contribution >= 4 is 16.0 Å². The van der Waals surface area contributed by atoms with Gasteiger partial charge in [0.1, 0.15) is 16.5 Å². The van der Waals surface area contributed by atoms with E-state index in [1.807, 2.05) is 0 Å². The number of carbonyl (C=O) groups is 1. The molecule has 2 rings (SSSR count). The Morgan fingerprint density at radius 1 is 1.43 bits per heavy atom. The van der Waals surface area contributed by atoms with Crippen LogP contribution in [0, 0.1) is 5.82 Å². The molecule has 112 valence electrons. The molecule has 0 unspecified atom stereocenters. The van der Waals surface area contributed by atoms with Gasteiger partial charge in [-0.1, -0.05) is 0 Å². The summed E-state index contributed by atoms with van der Waals surface area (Å²) in [6.45, 7) is 0.00653. The predicted molar refractivity (Wildman–Crippen MR) is 70.8 cm³/mol. The lowest BCUT2D eigenvalue weighted by Gasteiger charge is -2.08. The minimum absolute atomic E-state index is 0.00653. The summed E-state index contributed by atoms with van der Waals surface area (Å²) in [5, 5.41) is 8.82. The van der Waals surface area contributed by atoms with Gasteiger partial charge in [-0.3, -0.25) is 0 Å². The number of aromatic carboxylic acids is 1. The van der Waals surface area contributed by atoms with Gasteiger partial charge in [-0.15, -0.1) is 0 Å². The molecule has 0 bridgehead atoms. The summed E-state index contributed by atoms with van der Waals surface area (Å²) in [6, 6.07) is 2.59. The van der Waals surface area contributed by atoms with Crippen molar-refractivity contribution in [3.63, 3.8) is 0 Å². The van der Waals surface area contributed by atoms with E-state index in [9.17, 15) is 17.6 Å². The van der Waals surface area contributed by atoms with Crippen LogP contribution in [0.5, 0.6) is 0 Å².